The van der Waals surface area contributed by atoms with E-state index in [1.54, 1.807) is 23.9 Å². The molecule has 3 amide bonds. The molecule has 4 aromatic rings. The number of nitrogens with one attached hydrogen (secondary N) is 3. The zero-order chi connectivity index (χ0) is 29.6. The van der Waals surface area contributed by atoms with Crippen LogP contribution in [-0.2, 0) is 25.6 Å². The summed E-state index contributed by atoms with van der Waals surface area (Å²) in [7, 11) is 0. The molecule has 3 aliphatic heterocycles. The van der Waals surface area contributed by atoms with Crippen LogP contribution in [0.1, 0.15) is 22.5 Å². The SMILES string of the molecule is O=C(NCC(=O)N1CC2(CC1C(=O)NCc1cc3cc(Br)ccc3[nH]1)OCCO2)c1ccc2c(c1)Oc1ccccc1S2. The molecule has 7 rings (SSSR count). The van der Waals surface area contributed by atoms with Gasteiger partial charge in [-0.15, -0.1) is 0 Å². The third-order valence-electron chi connectivity index (χ3n) is 7.72. The number of rotatable bonds is 6. The summed E-state index contributed by atoms with van der Waals surface area (Å²) in [4.78, 5) is 46.5. The lowest BCUT2D eigenvalue weighted by Crippen LogP contribution is -2.49. The fourth-order valence-electron chi connectivity index (χ4n) is 5.63. The second-order valence-corrected chi connectivity index (χ2v) is 12.6. The summed E-state index contributed by atoms with van der Waals surface area (Å²) in [6.07, 6.45) is 0.208. The number of hydrogen-bond acceptors (Lipinski definition) is 7. The summed E-state index contributed by atoms with van der Waals surface area (Å²) in [5.41, 5.74) is 2.16. The van der Waals surface area contributed by atoms with E-state index in [1.165, 1.54) is 4.90 Å². The Morgan fingerprint density at radius 3 is 2.65 bits per heavy atom. The number of nitrogens with zero attached hydrogens (tertiary/aromatic N) is 1. The number of aromatic nitrogens is 1. The van der Waals surface area contributed by atoms with Gasteiger partial charge in [0.15, 0.2) is 5.79 Å². The summed E-state index contributed by atoms with van der Waals surface area (Å²) in [5, 5.41) is 6.67. The third kappa shape index (κ3) is 5.63. The van der Waals surface area contributed by atoms with Crippen molar-refractivity contribution in [2.24, 2.45) is 0 Å². The van der Waals surface area contributed by atoms with Gasteiger partial charge in [0, 0.05) is 33.1 Å². The monoisotopic (exact) mass is 662 g/mol. The second kappa shape index (κ2) is 11.3. The Hall–Kier alpha value is -3.84. The lowest BCUT2D eigenvalue weighted by atomic mass is 10.1. The molecule has 10 nitrogen and oxygen atoms in total. The number of likely N-dealkylation sites (tertiary alicyclic amines) is 1. The molecule has 3 N–H and O–H groups in total. The summed E-state index contributed by atoms with van der Waals surface area (Å²) >= 11 is 5.05. The molecule has 12 heteroatoms. The molecule has 1 atom stereocenters. The number of benzene rings is 3. The molecule has 1 aromatic heterocycles. The van der Waals surface area contributed by atoms with Crippen molar-refractivity contribution >= 4 is 56.3 Å². The summed E-state index contributed by atoms with van der Waals surface area (Å²) in [6.45, 7) is 0.856. The zero-order valence-corrected chi connectivity index (χ0v) is 25.3. The molecule has 2 saturated heterocycles. The number of amides is 3. The summed E-state index contributed by atoms with van der Waals surface area (Å²) < 4.78 is 18.6. The smallest absolute Gasteiger partial charge is 0.251 e. The van der Waals surface area contributed by atoms with Crippen molar-refractivity contribution in [1.29, 1.82) is 0 Å². The van der Waals surface area contributed by atoms with Crippen molar-refractivity contribution < 1.29 is 28.6 Å². The Labute approximate surface area is 259 Å². The molecule has 3 aromatic carbocycles. The predicted molar refractivity (Wildman–Crippen MR) is 162 cm³/mol. The van der Waals surface area contributed by atoms with Gasteiger partial charge in [0.25, 0.3) is 5.91 Å². The first-order chi connectivity index (χ1) is 20.9. The Bertz CT molecular complexity index is 1750. The minimum atomic E-state index is -1.03. The molecule has 220 valence electrons. The van der Waals surface area contributed by atoms with E-state index in [9.17, 15) is 14.4 Å². The van der Waals surface area contributed by atoms with E-state index in [0.29, 0.717) is 24.5 Å². The first-order valence-electron chi connectivity index (χ1n) is 13.9. The van der Waals surface area contributed by atoms with E-state index in [0.717, 1.165) is 36.6 Å². The minimum Gasteiger partial charge on any atom is -0.455 e. The molecular formula is C31H27BrN4O6S. The van der Waals surface area contributed by atoms with Gasteiger partial charge < -0.3 is 34.7 Å². The van der Waals surface area contributed by atoms with E-state index >= 15 is 0 Å². The molecule has 4 heterocycles. The zero-order valence-electron chi connectivity index (χ0n) is 22.9. The van der Waals surface area contributed by atoms with Crippen molar-refractivity contribution in [2.75, 3.05) is 26.3 Å². The van der Waals surface area contributed by atoms with Crippen molar-refractivity contribution in [3.8, 4) is 11.5 Å². The largest absolute Gasteiger partial charge is 0.455 e. The molecule has 0 radical (unpaired) electrons. The van der Waals surface area contributed by atoms with Crippen LogP contribution in [0.5, 0.6) is 11.5 Å². The van der Waals surface area contributed by atoms with E-state index in [-0.39, 0.29) is 32.0 Å². The molecule has 1 unspecified atom stereocenters. The predicted octanol–water partition coefficient (Wildman–Crippen LogP) is 4.58. The average Bonchev–Trinajstić information content (AvgIpc) is 3.75. The lowest BCUT2D eigenvalue weighted by Gasteiger charge is -2.24. The quantitative estimate of drug-likeness (QED) is 0.243. The molecule has 3 aliphatic rings. The first-order valence-corrected chi connectivity index (χ1v) is 15.5. The Kier molecular flexibility index (Phi) is 7.38. The van der Waals surface area contributed by atoms with Gasteiger partial charge in [0.1, 0.15) is 17.5 Å². The topological polar surface area (TPSA) is 122 Å². The number of hydrogen-bond donors (Lipinski definition) is 3. The summed E-state index contributed by atoms with van der Waals surface area (Å²) in [6, 6.07) is 20.0. The fourth-order valence-corrected chi connectivity index (χ4v) is 6.94. The molecule has 0 bridgehead atoms. The number of halogens is 1. The number of ether oxygens (including phenoxy) is 3. The van der Waals surface area contributed by atoms with Crippen molar-refractivity contribution in [3.05, 3.63) is 82.5 Å². The van der Waals surface area contributed by atoms with Gasteiger partial charge >= 0.3 is 0 Å². The Morgan fingerprint density at radius 1 is 0.977 bits per heavy atom. The number of para-hydroxylation sites is 1. The number of fused-ring (bicyclic) bond motifs is 3. The molecule has 2 fully saturated rings. The van der Waals surface area contributed by atoms with E-state index in [4.69, 9.17) is 14.2 Å². The third-order valence-corrected chi connectivity index (χ3v) is 9.32. The number of carbonyl (C=O) groups is 3. The van der Waals surface area contributed by atoms with Crippen molar-refractivity contribution in [3.63, 3.8) is 0 Å². The van der Waals surface area contributed by atoms with E-state index in [2.05, 4.69) is 31.5 Å². The van der Waals surface area contributed by atoms with Crippen LogP contribution in [0.2, 0.25) is 0 Å². The van der Waals surface area contributed by atoms with Gasteiger partial charge in [-0.1, -0.05) is 39.8 Å². The maximum atomic E-state index is 13.4. The fraction of sp³-hybridized carbons (Fsp3) is 0.258. The van der Waals surface area contributed by atoms with E-state index < -0.39 is 23.6 Å². The van der Waals surface area contributed by atoms with Crippen LogP contribution in [0.15, 0.2) is 81.0 Å². The molecule has 43 heavy (non-hydrogen) atoms. The van der Waals surface area contributed by atoms with Gasteiger partial charge in [-0.25, -0.2) is 0 Å². The van der Waals surface area contributed by atoms with Crippen molar-refractivity contribution in [1.82, 2.24) is 20.5 Å². The van der Waals surface area contributed by atoms with Crippen LogP contribution in [0.25, 0.3) is 10.9 Å². The van der Waals surface area contributed by atoms with Crippen LogP contribution in [0.4, 0.5) is 0 Å². The average molecular weight is 664 g/mol. The first kappa shape index (κ1) is 28.0. The number of carbonyl (C=O) groups excluding carboxylic acids is 3. The second-order valence-electron chi connectivity index (χ2n) is 10.6. The normalized spacial score (nSPS) is 18.3. The number of aromatic amines is 1. The van der Waals surface area contributed by atoms with Crippen LogP contribution >= 0.6 is 27.7 Å². The molecule has 0 saturated carbocycles. The Morgan fingerprint density at radius 2 is 1.79 bits per heavy atom. The van der Waals surface area contributed by atoms with Gasteiger partial charge in [-0.3, -0.25) is 14.4 Å². The highest BCUT2D eigenvalue weighted by atomic mass is 79.9. The van der Waals surface area contributed by atoms with Crippen LogP contribution in [0, 0.1) is 0 Å². The number of H-pyrrole nitrogens is 1. The van der Waals surface area contributed by atoms with Gasteiger partial charge in [-0.05, 0) is 54.6 Å². The highest BCUT2D eigenvalue weighted by Crippen LogP contribution is 2.47. The standard InChI is InChI=1S/C31H27BrN4O6S/c32-20-6-7-22-19(11-20)12-21(35-22)15-33-30(39)23-14-31(40-9-10-41-31)17-36(23)28(37)16-34-29(38)18-5-8-27-25(13-18)42-24-3-1-2-4-26(24)43-27/h1-8,11-13,23,35H,9-10,14-17H2,(H,33,39)(H,34,38). The minimum absolute atomic E-state index is 0.101. The van der Waals surface area contributed by atoms with E-state index in [1.807, 2.05) is 54.6 Å². The van der Waals surface area contributed by atoms with Crippen LogP contribution in [-0.4, -0.2) is 65.7 Å². The van der Waals surface area contributed by atoms with Gasteiger partial charge in [0.05, 0.1) is 42.6 Å². The van der Waals surface area contributed by atoms with Crippen LogP contribution < -0.4 is 15.4 Å². The molecule has 1 spiro atoms. The van der Waals surface area contributed by atoms with Gasteiger partial charge in [-0.2, -0.15) is 0 Å². The Balaban J connectivity index is 1.01. The highest BCUT2D eigenvalue weighted by molar-refractivity contribution is 9.10. The molecular weight excluding hydrogens is 636 g/mol. The lowest BCUT2D eigenvalue weighted by molar-refractivity contribution is -0.152. The van der Waals surface area contributed by atoms with Crippen molar-refractivity contribution in [2.45, 2.75) is 34.6 Å². The van der Waals surface area contributed by atoms with Gasteiger partial charge in [0.2, 0.25) is 11.8 Å². The maximum absolute atomic E-state index is 13.4. The maximum Gasteiger partial charge on any atom is 0.251 e. The summed E-state index contributed by atoms with van der Waals surface area (Å²) in [5.74, 6) is -0.858. The highest BCUT2D eigenvalue weighted by Gasteiger charge is 2.52. The van der Waals surface area contributed by atoms with Crippen LogP contribution in [0.3, 0.4) is 0 Å². The molecule has 0 aliphatic carbocycles.